The fraction of sp³-hybridized carbons (Fsp3) is 0.739. The summed E-state index contributed by atoms with van der Waals surface area (Å²) >= 11 is 0. The quantitative estimate of drug-likeness (QED) is 0.161. The Morgan fingerprint density at radius 1 is 0.862 bits per heavy atom. The van der Waals surface area contributed by atoms with Gasteiger partial charge in [0.25, 0.3) is 0 Å². The van der Waals surface area contributed by atoms with Crippen molar-refractivity contribution in [3.05, 3.63) is 35.9 Å². The van der Waals surface area contributed by atoms with Crippen LogP contribution in [0.15, 0.2) is 30.3 Å². The molecule has 0 aliphatic carbocycles. The Bertz CT molecular complexity index is 597. The number of unbranched alkanes of at least 4 members (excludes halogenated alkanes) is 9. The van der Waals surface area contributed by atoms with Crippen molar-refractivity contribution >= 4 is 10.4 Å². The first kappa shape index (κ1) is 28.1. The lowest BCUT2D eigenvalue weighted by Gasteiger charge is -2.34. The van der Waals surface area contributed by atoms with E-state index in [-0.39, 0.29) is 0 Å². The summed E-state index contributed by atoms with van der Waals surface area (Å²) in [6, 6.07) is 11.7. The number of nitrogens with zero attached hydrogens (tertiary/aromatic N) is 1. The Kier molecular flexibility index (Phi) is 15.3. The first-order valence-electron chi connectivity index (χ1n) is 11.0. The molecule has 0 bridgehead atoms. The summed E-state index contributed by atoms with van der Waals surface area (Å²) in [5.41, 5.74) is 1.50. The topological polar surface area (TPSA) is 66.4 Å². The van der Waals surface area contributed by atoms with Gasteiger partial charge in [-0.2, -0.15) is 0 Å². The van der Waals surface area contributed by atoms with Crippen LogP contribution in [0.5, 0.6) is 0 Å². The molecule has 0 spiro atoms. The minimum atomic E-state index is -4.41. The third-order valence-electron chi connectivity index (χ3n) is 5.15. The third kappa shape index (κ3) is 16.5. The molecule has 0 aliphatic heterocycles. The maximum atomic E-state index is 9.22. The van der Waals surface area contributed by atoms with E-state index in [1.54, 1.807) is 0 Å². The van der Waals surface area contributed by atoms with Gasteiger partial charge in [-0.15, -0.1) is 0 Å². The second kappa shape index (κ2) is 15.8. The maximum absolute atomic E-state index is 9.22. The highest BCUT2D eigenvalue weighted by Gasteiger charge is 2.24. The molecule has 0 fully saturated rings. The van der Waals surface area contributed by atoms with Gasteiger partial charge in [0, 0.05) is 12.0 Å². The summed E-state index contributed by atoms with van der Waals surface area (Å²) in [6.07, 6.45) is 15.5. The minimum Gasteiger partial charge on any atom is -0.726 e. The molecule has 0 aromatic heterocycles. The molecule has 1 atom stereocenters. The Morgan fingerprint density at radius 3 is 1.66 bits per heavy atom. The van der Waals surface area contributed by atoms with Crippen molar-refractivity contribution in [2.75, 3.05) is 28.3 Å². The Hall–Kier alpha value is -0.950. The average Bonchev–Trinajstić information content (AvgIpc) is 2.66. The first-order chi connectivity index (χ1) is 13.6. The van der Waals surface area contributed by atoms with Gasteiger partial charge in [0.05, 0.1) is 28.3 Å². The molecule has 5 nitrogen and oxygen atoms in total. The molecule has 1 aromatic rings. The highest BCUT2D eigenvalue weighted by atomic mass is 32.3. The van der Waals surface area contributed by atoms with E-state index in [9.17, 15) is 13.0 Å². The van der Waals surface area contributed by atoms with Crippen LogP contribution >= 0.6 is 0 Å². The SMILES string of the molecule is CCCCCCCCCCCCC(c1ccccc1)[N+](C)(C)C.COS(=O)(=O)[O-]. The molecule has 0 saturated heterocycles. The molecule has 0 aliphatic rings. The zero-order valence-corrected chi connectivity index (χ0v) is 20.0. The van der Waals surface area contributed by atoms with Crippen molar-refractivity contribution in [1.29, 1.82) is 0 Å². The monoisotopic (exact) mass is 429 g/mol. The van der Waals surface area contributed by atoms with E-state index < -0.39 is 10.4 Å². The van der Waals surface area contributed by atoms with Crippen molar-refractivity contribution in [1.82, 2.24) is 0 Å². The minimum absolute atomic E-state index is 0.630. The molecule has 1 aromatic carbocycles. The summed E-state index contributed by atoms with van der Waals surface area (Å²) in [7, 11) is 3.38. The molecule has 1 rings (SSSR count). The lowest BCUT2D eigenvalue weighted by molar-refractivity contribution is -0.902. The zero-order chi connectivity index (χ0) is 22.2. The van der Waals surface area contributed by atoms with Crippen LogP contribution in [0.4, 0.5) is 0 Å². The highest BCUT2D eigenvalue weighted by molar-refractivity contribution is 7.80. The van der Waals surface area contributed by atoms with Crippen molar-refractivity contribution in [2.24, 2.45) is 0 Å². The number of hydrogen-bond acceptors (Lipinski definition) is 4. The summed E-state index contributed by atoms with van der Waals surface area (Å²) in [5.74, 6) is 0. The van der Waals surface area contributed by atoms with Gasteiger partial charge in [-0.25, -0.2) is 8.42 Å². The Balaban J connectivity index is 0.00000113. The van der Waals surface area contributed by atoms with E-state index in [0.717, 1.165) is 11.6 Å². The summed E-state index contributed by atoms with van der Waals surface area (Å²) in [5, 5.41) is 0. The van der Waals surface area contributed by atoms with E-state index in [2.05, 4.69) is 62.6 Å². The van der Waals surface area contributed by atoms with Gasteiger partial charge in [-0.05, 0) is 6.42 Å². The number of hydrogen-bond donors (Lipinski definition) is 0. The Morgan fingerprint density at radius 2 is 1.28 bits per heavy atom. The number of rotatable bonds is 14. The zero-order valence-electron chi connectivity index (χ0n) is 19.2. The molecule has 0 heterocycles. The fourth-order valence-electron chi connectivity index (χ4n) is 3.50. The molecular formula is C23H43NO4S. The van der Waals surface area contributed by atoms with Gasteiger partial charge >= 0.3 is 0 Å². The summed E-state index contributed by atoms with van der Waals surface area (Å²) in [4.78, 5) is 0. The van der Waals surface area contributed by atoms with Gasteiger partial charge in [0.2, 0.25) is 10.4 Å². The summed E-state index contributed by atoms with van der Waals surface area (Å²) < 4.78 is 32.1. The standard InChI is InChI=1S/C22H40N.CH4O4S/c1-5-6-7-8-9-10-11-12-13-17-20-22(23(2,3)4)21-18-15-14-16-19-21;1-5-6(2,3)4/h14-16,18-19,22H,5-13,17,20H2,1-4H3;1H3,(H,2,3,4)/q+1;/p-1. The van der Waals surface area contributed by atoms with Crippen LogP contribution in [0.3, 0.4) is 0 Å². The highest BCUT2D eigenvalue weighted by Crippen LogP contribution is 2.29. The largest absolute Gasteiger partial charge is 0.726 e. The van der Waals surface area contributed by atoms with Crippen molar-refractivity contribution in [3.63, 3.8) is 0 Å². The van der Waals surface area contributed by atoms with Crippen LogP contribution in [0, 0.1) is 0 Å². The predicted molar refractivity (Wildman–Crippen MR) is 120 cm³/mol. The van der Waals surface area contributed by atoms with Crippen LogP contribution in [-0.2, 0) is 14.6 Å². The van der Waals surface area contributed by atoms with Gasteiger partial charge < -0.3 is 9.04 Å². The second-order valence-electron chi connectivity index (χ2n) is 8.59. The maximum Gasteiger partial charge on any atom is 0.217 e. The van der Waals surface area contributed by atoms with Gasteiger partial charge in [-0.3, -0.25) is 4.18 Å². The van der Waals surface area contributed by atoms with E-state index in [1.807, 2.05) is 0 Å². The molecule has 170 valence electrons. The normalized spacial score (nSPS) is 12.9. The third-order valence-corrected chi connectivity index (χ3v) is 5.56. The van der Waals surface area contributed by atoms with E-state index in [0.29, 0.717) is 6.04 Å². The van der Waals surface area contributed by atoms with Crippen LogP contribution in [0.25, 0.3) is 0 Å². The molecule has 29 heavy (non-hydrogen) atoms. The lowest BCUT2D eigenvalue weighted by atomic mass is 9.97. The van der Waals surface area contributed by atoms with E-state index in [4.69, 9.17) is 0 Å². The van der Waals surface area contributed by atoms with Gasteiger partial charge in [-0.1, -0.05) is 95.0 Å². The van der Waals surface area contributed by atoms with Crippen molar-refractivity contribution < 1.29 is 21.6 Å². The number of quaternary nitrogens is 1. The van der Waals surface area contributed by atoms with E-state index in [1.165, 1.54) is 76.2 Å². The van der Waals surface area contributed by atoms with Crippen molar-refractivity contribution in [2.45, 2.75) is 83.6 Å². The van der Waals surface area contributed by atoms with Gasteiger partial charge in [0.1, 0.15) is 6.04 Å². The van der Waals surface area contributed by atoms with Crippen LogP contribution in [-0.4, -0.2) is 45.7 Å². The van der Waals surface area contributed by atoms with Crippen LogP contribution in [0.1, 0.15) is 89.2 Å². The molecule has 0 N–H and O–H groups in total. The smallest absolute Gasteiger partial charge is 0.217 e. The Labute approximate surface area is 180 Å². The van der Waals surface area contributed by atoms with E-state index >= 15 is 0 Å². The second-order valence-corrected chi connectivity index (χ2v) is 9.74. The molecule has 0 radical (unpaired) electrons. The predicted octanol–water partition coefficient (Wildman–Crippen LogP) is 5.84. The van der Waals surface area contributed by atoms with Crippen molar-refractivity contribution in [3.8, 4) is 0 Å². The van der Waals surface area contributed by atoms with Crippen LogP contribution < -0.4 is 0 Å². The molecule has 0 amide bonds. The number of benzene rings is 1. The lowest BCUT2D eigenvalue weighted by Crippen LogP contribution is -2.38. The van der Waals surface area contributed by atoms with Gasteiger partial charge in [0.15, 0.2) is 0 Å². The molecule has 6 heteroatoms. The van der Waals surface area contributed by atoms with Crippen LogP contribution in [0.2, 0.25) is 0 Å². The summed E-state index contributed by atoms with van der Waals surface area (Å²) in [6.45, 7) is 2.29. The average molecular weight is 430 g/mol. The fourth-order valence-corrected chi connectivity index (χ4v) is 3.50. The molecule has 1 unspecified atom stereocenters. The molecular weight excluding hydrogens is 386 g/mol. The molecule has 0 saturated carbocycles. The first-order valence-corrected chi connectivity index (χ1v) is 12.3.